The standard InChI is InChI=1S/C28H16.Y/c1-3-11-21-19(9-1)17-27(25-15-7-5-13-23(21)25)28-18-20-10-2-4-12-22(20)24-14-6-8-16-26(24)28;/h1-16H;/q-2;. The molecule has 0 aliphatic carbocycles. The largest absolute Gasteiger partial charge is 0.174 e. The van der Waals surface area contributed by atoms with Crippen LogP contribution in [0.5, 0.6) is 0 Å². The van der Waals surface area contributed by atoms with E-state index >= 15 is 0 Å². The molecule has 6 aromatic rings. The van der Waals surface area contributed by atoms with Crippen LogP contribution in [-0.2, 0) is 32.7 Å². The normalized spacial score (nSPS) is 11.2. The van der Waals surface area contributed by atoms with Gasteiger partial charge in [-0.3, -0.25) is 0 Å². The predicted octanol–water partition coefficient (Wildman–Crippen LogP) is 7.56. The van der Waals surface area contributed by atoms with Crippen LogP contribution in [0.3, 0.4) is 0 Å². The van der Waals surface area contributed by atoms with Crippen molar-refractivity contribution in [1.82, 2.24) is 0 Å². The minimum Gasteiger partial charge on any atom is -0.174 e. The third kappa shape index (κ3) is 2.91. The molecule has 0 aliphatic heterocycles. The van der Waals surface area contributed by atoms with Gasteiger partial charge in [-0.25, -0.2) is 0 Å². The van der Waals surface area contributed by atoms with Crippen LogP contribution in [0.1, 0.15) is 0 Å². The summed E-state index contributed by atoms with van der Waals surface area (Å²) in [7, 11) is 0. The maximum atomic E-state index is 3.71. The third-order valence-electron chi connectivity index (χ3n) is 5.60. The average Bonchev–Trinajstić information content (AvgIpc) is 2.78. The van der Waals surface area contributed by atoms with Crippen molar-refractivity contribution >= 4 is 43.1 Å². The van der Waals surface area contributed by atoms with Gasteiger partial charge in [0.1, 0.15) is 0 Å². The van der Waals surface area contributed by atoms with Gasteiger partial charge in [0.25, 0.3) is 0 Å². The average molecular weight is 441 g/mol. The molecule has 29 heavy (non-hydrogen) atoms. The molecule has 0 aliphatic rings. The summed E-state index contributed by atoms with van der Waals surface area (Å²) >= 11 is 0. The van der Waals surface area contributed by atoms with Crippen LogP contribution in [0.25, 0.3) is 54.2 Å². The Morgan fingerprint density at radius 2 is 0.655 bits per heavy atom. The first-order valence-corrected chi connectivity index (χ1v) is 9.56. The summed E-state index contributed by atoms with van der Waals surface area (Å²) in [5.74, 6) is 0. The van der Waals surface area contributed by atoms with Gasteiger partial charge in [0.2, 0.25) is 0 Å². The van der Waals surface area contributed by atoms with E-state index < -0.39 is 0 Å². The molecule has 0 spiro atoms. The van der Waals surface area contributed by atoms with E-state index in [1.807, 2.05) is 0 Å². The first kappa shape index (κ1) is 18.5. The van der Waals surface area contributed by atoms with E-state index in [1.54, 1.807) is 0 Å². The van der Waals surface area contributed by atoms with Crippen LogP contribution in [0, 0.1) is 12.1 Å². The van der Waals surface area contributed by atoms with Gasteiger partial charge >= 0.3 is 0 Å². The molecule has 6 rings (SSSR count). The Morgan fingerprint density at radius 1 is 0.345 bits per heavy atom. The molecule has 0 atom stereocenters. The van der Waals surface area contributed by atoms with Crippen LogP contribution in [0.15, 0.2) is 97.1 Å². The van der Waals surface area contributed by atoms with E-state index in [2.05, 4.69) is 109 Å². The molecule has 0 amide bonds. The maximum Gasteiger partial charge on any atom is 0 e. The number of fused-ring (bicyclic) bond motifs is 6. The second-order valence-corrected chi connectivity index (χ2v) is 7.18. The Labute approximate surface area is 195 Å². The van der Waals surface area contributed by atoms with Crippen molar-refractivity contribution in [3.63, 3.8) is 0 Å². The molecule has 0 nitrogen and oxygen atoms in total. The SMILES string of the molecule is [Y].[c-]1c(-c2[c-]c3ccccc3c3ccccc23)c2ccccc2c2ccccc12. The molecule has 6 aromatic carbocycles. The van der Waals surface area contributed by atoms with Crippen LogP contribution in [-0.4, -0.2) is 0 Å². The first-order valence-electron chi connectivity index (χ1n) is 9.56. The van der Waals surface area contributed by atoms with Gasteiger partial charge in [0.15, 0.2) is 0 Å². The molecule has 1 radical (unpaired) electrons. The summed E-state index contributed by atoms with van der Waals surface area (Å²) in [6.45, 7) is 0. The molecule has 0 aromatic heterocycles. The summed E-state index contributed by atoms with van der Waals surface area (Å²) in [4.78, 5) is 0. The molecule has 0 N–H and O–H groups in total. The monoisotopic (exact) mass is 441 g/mol. The van der Waals surface area contributed by atoms with E-state index in [-0.39, 0.29) is 32.7 Å². The van der Waals surface area contributed by atoms with E-state index in [0.717, 1.165) is 21.9 Å². The fourth-order valence-corrected chi connectivity index (χ4v) is 4.32. The fourth-order valence-electron chi connectivity index (χ4n) is 4.32. The fraction of sp³-hybridized carbons (Fsp3) is 0. The maximum absolute atomic E-state index is 3.71. The minimum absolute atomic E-state index is 0. The molecule has 0 heterocycles. The number of hydrogen-bond donors (Lipinski definition) is 0. The van der Waals surface area contributed by atoms with Gasteiger partial charge in [-0.1, -0.05) is 106 Å². The first-order chi connectivity index (χ1) is 13.9. The number of benzene rings is 6. The molecule has 133 valence electrons. The van der Waals surface area contributed by atoms with Crippen LogP contribution < -0.4 is 0 Å². The molecular formula is C28H16Y-2. The zero-order chi connectivity index (χ0) is 18.5. The van der Waals surface area contributed by atoms with Gasteiger partial charge in [0, 0.05) is 32.7 Å². The molecule has 0 saturated carbocycles. The third-order valence-corrected chi connectivity index (χ3v) is 5.60. The summed E-state index contributed by atoms with van der Waals surface area (Å²) in [5.41, 5.74) is 2.24. The molecule has 0 saturated heterocycles. The van der Waals surface area contributed by atoms with Crippen molar-refractivity contribution in [1.29, 1.82) is 0 Å². The smallest absolute Gasteiger partial charge is 0 e. The van der Waals surface area contributed by atoms with E-state index in [0.29, 0.717) is 0 Å². The van der Waals surface area contributed by atoms with Crippen LogP contribution >= 0.6 is 0 Å². The van der Waals surface area contributed by atoms with Crippen molar-refractivity contribution < 1.29 is 32.7 Å². The topological polar surface area (TPSA) is 0 Å². The zero-order valence-electron chi connectivity index (χ0n) is 15.8. The minimum atomic E-state index is 0. The van der Waals surface area contributed by atoms with Gasteiger partial charge in [-0.05, 0) is 0 Å². The summed E-state index contributed by atoms with van der Waals surface area (Å²) in [6, 6.07) is 41.7. The second kappa shape index (κ2) is 7.37. The Hall–Kier alpha value is -2.54. The molecular weight excluding hydrogens is 425 g/mol. The molecule has 0 unspecified atom stereocenters. The van der Waals surface area contributed by atoms with Crippen LogP contribution in [0.2, 0.25) is 0 Å². The second-order valence-electron chi connectivity index (χ2n) is 7.18. The number of hydrogen-bond acceptors (Lipinski definition) is 0. The van der Waals surface area contributed by atoms with Gasteiger partial charge < -0.3 is 0 Å². The molecule has 1 heteroatoms. The Balaban J connectivity index is 0.00000181. The van der Waals surface area contributed by atoms with E-state index in [9.17, 15) is 0 Å². The Morgan fingerprint density at radius 3 is 1.07 bits per heavy atom. The Bertz CT molecular complexity index is 1390. The zero-order valence-corrected chi connectivity index (χ0v) is 18.7. The predicted molar refractivity (Wildman–Crippen MR) is 120 cm³/mol. The molecule has 0 fully saturated rings. The summed E-state index contributed by atoms with van der Waals surface area (Å²) in [5, 5.41) is 9.73. The van der Waals surface area contributed by atoms with Gasteiger partial charge in [-0.2, -0.15) is 23.3 Å². The quantitative estimate of drug-likeness (QED) is 0.182. The summed E-state index contributed by atoms with van der Waals surface area (Å²) < 4.78 is 0. The van der Waals surface area contributed by atoms with Gasteiger partial charge in [-0.15, -0.1) is 33.7 Å². The van der Waals surface area contributed by atoms with Crippen LogP contribution in [0.4, 0.5) is 0 Å². The van der Waals surface area contributed by atoms with Crippen molar-refractivity contribution in [2.45, 2.75) is 0 Å². The van der Waals surface area contributed by atoms with Crippen molar-refractivity contribution in [2.75, 3.05) is 0 Å². The van der Waals surface area contributed by atoms with Crippen molar-refractivity contribution in [2.24, 2.45) is 0 Å². The number of rotatable bonds is 1. The van der Waals surface area contributed by atoms with Crippen molar-refractivity contribution in [3.05, 3.63) is 109 Å². The van der Waals surface area contributed by atoms with E-state index in [1.165, 1.54) is 32.3 Å². The summed E-state index contributed by atoms with van der Waals surface area (Å²) in [6.07, 6.45) is 0. The Kier molecular flexibility index (Phi) is 4.70. The molecule has 0 bridgehead atoms. The van der Waals surface area contributed by atoms with E-state index in [4.69, 9.17) is 0 Å². The van der Waals surface area contributed by atoms with Crippen molar-refractivity contribution in [3.8, 4) is 11.1 Å². The van der Waals surface area contributed by atoms with Gasteiger partial charge in [0.05, 0.1) is 0 Å².